The third kappa shape index (κ3) is 3.17. The van der Waals surface area contributed by atoms with E-state index >= 15 is 0 Å². The van der Waals surface area contributed by atoms with Crippen molar-refractivity contribution >= 4 is 21.9 Å². The highest BCUT2D eigenvalue weighted by atomic mass is 79.9. The van der Waals surface area contributed by atoms with Crippen LogP contribution in [-0.2, 0) is 9.53 Å². The lowest BCUT2D eigenvalue weighted by molar-refractivity contribution is -0.158. The van der Waals surface area contributed by atoms with Crippen molar-refractivity contribution in [1.82, 2.24) is 0 Å². The largest absolute Gasteiger partial charge is 0.463 e. The van der Waals surface area contributed by atoms with Gasteiger partial charge in [-0.25, -0.2) is 9.18 Å². The van der Waals surface area contributed by atoms with Gasteiger partial charge in [0.2, 0.25) is 0 Å². The third-order valence-electron chi connectivity index (χ3n) is 3.02. The lowest BCUT2D eigenvalue weighted by Crippen LogP contribution is -2.45. The van der Waals surface area contributed by atoms with Gasteiger partial charge in [0, 0.05) is 0 Å². The summed E-state index contributed by atoms with van der Waals surface area (Å²) >= 11 is 2.66. The van der Waals surface area contributed by atoms with Crippen molar-refractivity contribution in [3.05, 3.63) is 0 Å². The SMILES string of the molecule is CCOC(=O)[C@@](F)(Br)[C@H](O)C1CCCCC1. The van der Waals surface area contributed by atoms with Crippen LogP contribution in [0.2, 0.25) is 0 Å². The molecule has 0 aromatic heterocycles. The van der Waals surface area contributed by atoms with Gasteiger partial charge in [-0.1, -0.05) is 19.3 Å². The summed E-state index contributed by atoms with van der Waals surface area (Å²) < 4.78 is 16.2. The zero-order chi connectivity index (χ0) is 12.2. The molecule has 0 saturated heterocycles. The number of rotatable bonds is 4. The van der Waals surface area contributed by atoms with Gasteiger partial charge in [0.25, 0.3) is 4.58 Å². The summed E-state index contributed by atoms with van der Waals surface area (Å²) in [5.41, 5.74) is 0. The minimum Gasteiger partial charge on any atom is -0.463 e. The van der Waals surface area contributed by atoms with Gasteiger partial charge in [-0.05, 0) is 41.6 Å². The zero-order valence-electron chi connectivity index (χ0n) is 9.42. The number of hydrogen-bond donors (Lipinski definition) is 1. The van der Waals surface area contributed by atoms with Gasteiger partial charge in [-0.2, -0.15) is 0 Å². The van der Waals surface area contributed by atoms with Crippen molar-refractivity contribution < 1.29 is 19.0 Å². The van der Waals surface area contributed by atoms with Crippen LogP contribution in [0.25, 0.3) is 0 Å². The van der Waals surface area contributed by atoms with Crippen LogP contribution in [0.4, 0.5) is 4.39 Å². The Bertz CT molecular complexity index is 239. The van der Waals surface area contributed by atoms with Crippen molar-refractivity contribution in [3.63, 3.8) is 0 Å². The summed E-state index contributed by atoms with van der Waals surface area (Å²) in [4.78, 5) is 11.3. The molecule has 0 amide bonds. The fourth-order valence-electron chi connectivity index (χ4n) is 2.09. The number of carbonyl (C=O) groups excluding carboxylic acids is 1. The second-order valence-electron chi connectivity index (χ2n) is 4.19. The van der Waals surface area contributed by atoms with E-state index in [1.165, 1.54) is 0 Å². The smallest absolute Gasteiger partial charge is 0.357 e. The van der Waals surface area contributed by atoms with Crippen molar-refractivity contribution in [2.45, 2.75) is 49.7 Å². The number of aliphatic hydroxyl groups excluding tert-OH is 1. The van der Waals surface area contributed by atoms with Gasteiger partial charge in [0.15, 0.2) is 0 Å². The Morgan fingerprint density at radius 1 is 1.56 bits per heavy atom. The lowest BCUT2D eigenvalue weighted by Gasteiger charge is -2.31. The monoisotopic (exact) mass is 296 g/mol. The first kappa shape index (κ1) is 13.9. The molecule has 5 heteroatoms. The van der Waals surface area contributed by atoms with Crippen LogP contribution in [0, 0.1) is 5.92 Å². The molecular formula is C11H18BrFO3. The van der Waals surface area contributed by atoms with E-state index in [0.29, 0.717) is 0 Å². The molecule has 2 atom stereocenters. The van der Waals surface area contributed by atoms with Crippen molar-refractivity contribution in [1.29, 1.82) is 0 Å². The van der Waals surface area contributed by atoms with Crippen LogP contribution < -0.4 is 0 Å². The highest BCUT2D eigenvalue weighted by Gasteiger charge is 2.48. The normalized spacial score (nSPS) is 23.5. The Balaban J connectivity index is 2.61. The molecule has 16 heavy (non-hydrogen) atoms. The molecule has 1 aliphatic rings. The highest BCUT2D eigenvalue weighted by Crippen LogP contribution is 2.37. The number of carbonyl (C=O) groups is 1. The van der Waals surface area contributed by atoms with Crippen LogP contribution in [-0.4, -0.2) is 28.4 Å². The lowest BCUT2D eigenvalue weighted by atomic mass is 9.83. The molecule has 1 fully saturated rings. The average molecular weight is 297 g/mol. The van der Waals surface area contributed by atoms with Gasteiger partial charge in [0.05, 0.1) is 6.61 Å². The maximum absolute atomic E-state index is 14.0. The molecule has 0 aromatic rings. The highest BCUT2D eigenvalue weighted by molar-refractivity contribution is 9.10. The summed E-state index contributed by atoms with van der Waals surface area (Å²) in [6, 6.07) is 0. The third-order valence-corrected chi connectivity index (χ3v) is 3.81. The molecule has 0 radical (unpaired) electrons. The van der Waals surface area contributed by atoms with Gasteiger partial charge in [0.1, 0.15) is 6.10 Å². The molecule has 1 N–H and O–H groups in total. The molecule has 0 unspecified atom stereocenters. The molecule has 94 valence electrons. The minimum absolute atomic E-state index is 0.105. The van der Waals surface area contributed by atoms with E-state index < -0.39 is 16.7 Å². The van der Waals surface area contributed by atoms with Crippen molar-refractivity contribution in [2.75, 3.05) is 6.61 Å². The summed E-state index contributed by atoms with van der Waals surface area (Å²) in [6.07, 6.45) is 3.27. The number of aliphatic hydroxyl groups is 1. The maximum Gasteiger partial charge on any atom is 0.357 e. The molecule has 0 spiro atoms. The van der Waals surface area contributed by atoms with Crippen LogP contribution in [0.1, 0.15) is 39.0 Å². The summed E-state index contributed by atoms with van der Waals surface area (Å²) in [5, 5.41) is 9.88. The molecule has 1 saturated carbocycles. The van der Waals surface area contributed by atoms with Crippen LogP contribution in [0.3, 0.4) is 0 Å². The van der Waals surface area contributed by atoms with E-state index in [2.05, 4.69) is 20.7 Å². The first-order valence-corrected chi connectivity index (χ1v) is 6.52. The Kier molecular flexibility index (Phi) is 5.18. The molecule has 0 heterocycles. The standard InChI is InChI=1S/C11H18BrFO3/c1-2-16-10(15)11(12,13)9(14)8-6-4-3-5-7-8/h8-9,14H,2-7H2,1H3/t9-,11-/m1/s1. The van der Waals surface area contributed by atoms with E-state index in [9.17, 15) is 14.3 Å². The van der Waals surface area contributed by atoms with E-state index in [0.717, 1.165) is 32.1 Å². The van der Waals surface area contributed by atoms with E-state index in [1.54, 1.807) is 6.92 Å². The van der Waals surface area contributed by atoms with Crippen molar-refractivity contribution in [3.8, 4) is 0 Å². The molecule has 0 aliphatic heterocycles. The fourth-order valence-corrected chi connectivity index (χ4v) is 2.58. The molecule has 1 aliphatic carbocycles. The molecule has 3 nitrogen and oxygen atoms in total. The topological polar surface area (TPSA) is 46.5 Å². The minimum atomic E-state index is -2.47. The Morgan fingerprint density at radius 2 is 2.12 bits per heavy atom. The van der Waals surface area contributed by atoms with Crippen LogP contribution >= 0.6 is 15.9 Å². The number of ether oxygens (including phenoxy) is 1. The number of alkyl halides is 2. The van der Waals surface area contributed by atoms with Crippen LogP contribution in [0.5, 0.6) is 0 Å². The quantitative estimate of drug-likeness (QED) is 0.641. The van der Waals surface area contributed by atoms with Gasteiger partial charge in [-0.3, -0.25) is 0 Å². The number of esters is 1. The molecule has 0 aromatic carbocycles. The predicted octanol–water partition coefficient (Wildman–Crippen LogP) is 2.55. The fraction of sp³-hybridized carbons (Fsp3) is 0.909. The first-order chi connectivity index (χ1) is 7.50. The Hall–Kier alpha value is -0.160. The van der Waals surface area contributed by atoms with E-state index in [1.807, 2.05) is 0 Å². The Labute approximate surface area is 103 Å². The predicted molar refractivity (Wildman–Crippen MR) is 62.0 cm³/mol. The molecular weight excluding hydrogens is 279 g/mol. The molecule has 0 bridgehead atoms. The molecule has 1 rings (SSSR count). The zero-order valence-corrected chi connectivity index (χ0v) is 11.0. The van der Waals surface area contributed by atoms with Crippen LogP contribution in [0.15, 0.2) is 0 Å². The number of halogens is 2. The maximum atomic E-state index is 14.0. The van der Waals surface area contributed by atoms with E-state index in [-0.39, 0.29) is 12.5 Å². The van der Waals surface area contributed by atoms with E-state index in [4.69, 9.17) is 0 Å². The van der Waals surface area contributed by atoms with Gasteiger partial charge < -0.3 is 9.84 Å². The first-order valence-electron chi connectivity index (χ1n) is 5.73. The van der Waals surface area contributed by atoms with Gasteiger partial charge in [-0.15, -0.1) is 0 Å². The summed E-state index contributed by atoms with van der Waals surface area (Å²) in [7, 11) is 0. The summed E-state index contributed by atoms with van der Waals surface area (Å²) in [5.74, 6) is -1.20. The average Bonchev–Trinajstić information content (AvgIpc) is 2.29. The second-order valence-corrected chi connectivity index (χ2v) is 5.34. The van der Waals surface area contributed by atoms with Crippen molar-refractivity contribution in [2.24, 2.45) is 5.92 Å². The van der Waals surface area contributed by atoms with Gasteiger partial charge >= 0.3 is 5.97 Å². The summed E-state index contributed by atoms with van der Waals surface area (Å²) in [6.45, 7) is 1.71. The Morgan fingerprint density at radius 3 is 2.62 bits per heavy atom. The second kappa shape index (κ2) is 5.96. The number of hydrogen-bond acceptors (Lipinski definition) is 3.